The van der Waals surface area contributed by atoms with Crippen molar-refractivity contribution >= 4 is 10.0 Å². The highest BCUT2D eigenvalue weighted by molar-refractivity contribution is 7.89. The van der Waals surface area contributed by atoms with Crippen LogP contribution in [-0.2, 0) is 10.0 Å². The van der Waals surface area contributed by atoms with Crippen LogP contribution >= 0.6 is 0 Å². The molecule has 0 amide bonds. The van der Waals surface area contributed by atoms with E-state index in [1.54, 1.807) is 12.1 Å². The lowest BCUT2D eigenvalue weighted by Gasteiger charge is -2.23. The summed E-state index contributed by atoms with van der Waals surface area (Å²) in [5.41, 5.74) is 0.781. The first-order valence-electron chi connectivity index (χ1n) is 5.88. The smallest absolute Gasteiger partial charge is 0.241 e. The summed E-state index contributed by atoms with van der Waals surface area (Å²) in [5, 5.41) is 3.20. The maximum atomic E-state index is 12.2. The van der Waals surface area contributed by atoms with Gasteiger partial charge >= 0.3 is 0 Å². The Balaban J connectivity index is 2.16. The van der Waals surface area contributed by atoms with Crippen molar-refractivity contribution in [3.63, 3.8) is 0 Å². The fourth-order valence-electron chi connectivity index (χ4n) is 2.09. The van der Waals surface area contributed by atoms with Crippen molar-refractivity contribution in [2.75, 3.05) is 13.1 Å². The van der Waals surface area contributed by atoms with E-state index in [-0.39, 0.29) is 6.04 Å². The maximum absolute atomic E-state index is 12.2. The van der Waals surface area contributed by atoms with Crippen molar-refractivity contribution in [1.82, 2.24) is 10.0 Å². The Hall–Kier alpha value is -0.910. The van der Waals surface area contributed by atoms with E-state index in [0.717, 1.165) is 24.9 Å². The fourth-order valence-corrected chi connectivity index (χ4v) is 3.61. The average Bonchev–Trinajstić information content (AvgIpc) is 2.30. The van der Waals surface area contributed by atoms with Crippen LogP contribution in [0.2, 0.25) is 0 Å². The van der Waals surface area contributed by atoms with Crippen LogP contribution in [0.3, 0.4) is 0 Å². The fraction of sp³-hybridized carbons (Fsp3) is 0.500. The van der Waals surface area contributed by atoms with E-state index in [9.17, 15) is 8.42 Å². The Kier molecular flexibility index (Phi) is 3.81. The van der Waals surface area contributed by atoms with E-state index in [1.807, 2.05) is 19.1 Å². The number of benzene rings is 1. The molecule has 0 bridgehead atoms. The molecule has 1 heterocycles. The third kappa shape index (κ3) is 3.06. The molecule has 0 aliphatic carbocycles. The normalized spacial score (nSPS) is 21.4. The molecule has 1 unspecified atom stereocenters. The Morgan fingerprint density at radius 3 is 2.76 bits per heavy atom. The molecule has 1 fully saturated rings. The number of sulfonamides is 1. The van der Waals surface area contributed by atoms with E-state index in [2.05, 4.69) is 10.0 Å². The molecule has 1 atom stereocenters. The quantitative estimate of drug-likeness (QED) is 0.847. The predicted octanol–water partition coefficient (Wildman–Crippen LogP) is 1.03. The minimum Gasteiger partial charge on any atom is -0.315 e. The zero-order valence-corrected chi connectivity index (χ0v) is 10.8. The van der Waals surface area contributed by atoms with Crippen LogP contribution in [0.5, 0.6) is 0 Å². The minimum atomic E-state index is -3.38. The van der Waals surface area contributed by atoms with Crippen LogP contribution in [0.1, 0.15) is 18.4 Å². The number of rotatable bonds is 3. The van der Waals surface area contributed by atoms with Gasteiger partial charge in [-0.15, -0.1) is 0 Å². The molecule has 2 N–H and O–H groups in total. The van der Waals surface area contributed by atoms with E-state index >= 15 is 0 Å². The summed E-state index contributed by atoms with van der Waals surface area (Å²) in [6.07, 6.45) is 1.92. The Morgan fingerprint density at radius 1 is 1.35 bits per heavy atom. The van der Waals surface area contributed by atoms with Gasteiger partial charge in [-0.05, 0) is 37.9 Å². The van der Waals surface area contributed by atoms with Gasteiger partial charge in [-0.2, -0.15) is 0 Å². The number of nitrogens with one attached hydrogen (secondary N) is 2. The van der Waals surface area contributed by atoms with Crippen LogP contribution in [-0.4, -0.2) is 27.5 Å². The zero-order valence-electron chi connectivity index (χ0n) is 9.94. The highest BCUT2D eigenvalue weighted by atomic mass is 32.2. The third-order valence-electron chi connectivity index (χ3n) is 3.00. The number of aryl methyl sites for hydroxylation is 1. The third-order valence-corrected chi connectivity index (χ3v) is 4.68. The molecule has 1 aromatic carbocycles. The van der Waals surface area contributed by atoms with Gasteiger partial charge in [0.1, 0.15) is 0 Å². The highest BCUT2D eigenvalue weighted by Crippen LogP contribution is 2.15. The molecule has 0 spiro atoms. The number of piperidine rings is 1. The van der Waals surface area contributed by atoms with Crippen molar-refractivity contribution < 1.29 is 8.42 Å². The maximum Gasteiger partial charge on any atom is 0.241 e. The minimum absolute atomic E-state index is 0.00774. The highest BCUT2D eigenvalue weighted by Gasteiger charge is 2.22. The summed E-state index contributed by atoms with van der Waals surface area (Å²) in [7, 11) is -3.38. The lowest BCUT2D eigenvalue weighted by molar-refractivity contribution is 0.428. The van der Waals surface area contributed by atoms with Gasteiger partial charge in [-0.3, -0.25) is 0 Å². The molecule has 0 radical (unpaired) electrons. The molecule has 94 valence electrons. The van der Waals surface area contributed by atoms with Crippen LogP contribution in [0.4, 0.5) is 0 Å². The lowest BCUT2D eigenvalue weighted by atomic mass is 10.1. The van der Waals surface area contributed by atoms with Crippen LogP contribution in [0, 0.1) is 6.92 Å². The van der Waals surface area contributed by atoms with E-state index in [4.69, 9.17) is 0 Å². The molecule has 5 heteroatoms. The Morgan fingerprint density at radius 2 is 2.12 bits per heavy atom. The van der Waals surface area contributed by atoms with Crippen molar-refractivity contribution in [3.05, 3.63) is 29.8 Å². The number of hydrogen-bond acceptors (Lipinski definition) is 3. The first kappa shape index (κ1) is 12.5. The standard InChI is InChI=1S/C12H18N2O2S/c1-10-5-2-3-7-12(10)17(15,16)14-11-6-4-8-13-9-11/h2-3,5,7,11,13-14H,4,6,8-9H2,1H3. The van der Waals surface area contributed by atoms with Gasteiger partial charge in [0, 0.05) is 12.6 Å². The largest absolute Gasteiger partial charge is 0.315 e. The van der Waals surface area contributed by atoms with Gasteiger partial charge in [-0.1, -0.05) is 18.2 Å². The molecule has 0 aromatic heterocycles. The van der Waals surface area contributed by atoms with Crippen molar-refractivity contribution in [2.24, 2.45) is 0 Å². The zero-order chi connectivity index (χ0) is 12.3. The van der Waals surface area contributed by atoms with Gasteiger partial charge in [0.05, 0.1) is 4.90 Å². The second kappa shape index (κ2) is 5.16. The second-order valence-corrected chi connectivity index (χ2v) is 6.11. The number of hydrogen-bond donors (Lipinski definition) is 2. The summed E-state index contributed by atoms with van der Waals surface area (Å²) >= 11 is 0. The monoisotopic (exact) mass is 254 g/mol. The van der Waals surface area contributed by atoms with Gasteiger partial charge < -0.3 is 5.32 Å². The topological polar surface area (TPSA) is 58.2 Å². The van der Waals surface area contributed by atoms with Crippen molar-refractivity contribution in [2.45, 2.75) is 30.7 Å². The van der Waals surface area contributed by atoms with Crippen LogP contribution < -0.4 is 10.0 Å². The molecular formula is C12H18N2O2S. The lowest BCUT2D eigenvalue weighted by Crippen LogP contribution is -2.45. The first-order valence-corrected chi connectivity index (χ1v) is 7.36. The SMILES string of the molecule is Cc1ccccc1S(=O)(=O)NC1CCCNC1. The molecule has 0 saturated carbocycles. The van der Waals surface area contributed by atoms with Gasteiger partial charge in [0.25, 0.3) is 0 Å². The van der Waals surface area contributed by atoms with E-state index in [0.29, 0.717) is 11.4 Å². The van der Waals surface area contributed by atoms with E-state index < -0.39 is 10.0 Å². The molecule has 1 aliphatic heterocycles. The summed E-state index contributed by atoms with van der Waals surface area (Å²) in [5.74, 6) is 0. The summed E-state index contributed by atoms with van der Waals surface area (Å²) < 4.78 is 27.1. The molecule has 4 nitrogen and oxygen atoms in total. The first-order chi connectivity index (χ1) is 8.09. The van der Waals surface area contributed by atoms with Crippen molar-refractivity contribution in [1.29, 1.82) is 0 Å². The molecule has 1 aliphatic rings. The molecule has 17 heavy (non-hydrogen) atoms. The summed E-state index contributed by atoms with van der Waals surface area (Å²) in [4.78, 5) is 0.380. The molecule has 2 rings (SSSR count). The summed E-state index contributed by atoms with van der Waals surface area (Å²) in [6, 6.07) is 7.06. The molecular weight excluding hydrogens is 236 g/mol. The predicted molar refractivity (Wildman–Crippen MR) is 67.4 cm³/mol. The molecule has 1 saturated heterocycles. The van der Waals surface area contributed by atoms with Crippen LogP contribution in [0.15, 0.2) is 29.2 Å². The van der Waals surface area contributed by atoms with Crippen molar-refractivity contribution in [3.8, 4) is 0 Å². The molecule has 1 aromatic rings. The Bertz CT molecular complexity index is 479. The van der Waals surface area contributed by atoms with Gasteiger partial charge in [-0.25, -0.2) is 13.1 Å². The Labute approximate surface area is 102 Å². The average molecular weight is 254 g/mol. The van der Waals surface area contributed by atoms with Crippen LogP contribution in [0.25, 0.3) is 0 Å². The van der Waals surface area contributed by atoms with Gasteiger partial charge in [0.2, 0.25) is 10.0 Å². The van der Waals surface area contributed by atoms with Gasteiger partial charge in [0.15, 0.2) is 0 Å². The summed E-state index contributed by atoms with van der Waals surface area (Å²) in [6.45, 7) is 3.50. The second-order valence-electron chi connectivity index (χ2n) is 4.43. The van der Waals surface area contributed by atoms with E-state index in [1.165, 1.54) is 0 Å².